The van der Waals surface area contributed by atoms with Crippen LogP contribution in [-0.2, 0) is 5.75 Å². The van der Waals surface area contributed by atoms with Crippen molar-refractivity contribution in [2.45, 2.75) is 63.5 Å². The maximum absolute atomic E-state index is 5.84. The third kappa shape index (κ3) is 4.64. The highest BCUT2D eigenvalue weighted by Crippen LogP contribution is 2.29. The fourth-order valence-corrected chi connectivity index (χ4v) is 3.29. The summed E-state index contributed by atoms with van der Waals surface area (Å²) in [4.78, 5) is 13.3. The van der Waals surface area contributed by atoms with Gasteiger partial charge in [0.15, 0.2) is 0 Å². The molecule has 1 aliphatic rings. The maximum Gasteiger partial charge on any atom is 0.223 e. The highest BCUT2D eigenvalue weighted by atomic mass is 32.2. The topological polar surface area (TPSA) is 64.7 Å². The van der Waals surface area contributed by atoms with Gasteiger partial charge in [-0.2, -0.15) is 21.7 Å². The predicted octanol–water partition coefficient (Wildman–Crippen LogP) is 3.53. The molecule has 106 valence electrons. The second-order valence-electron chi connectivity index (χ2n) is 5.21. The van der Waals surface area contributed by atoms with Gasteiger partial charge in [0.2, 0.25) is 5.95 Å². The number of hydrogen-bond acceptors (Lipinski definition) is 5. The lowest BCUT2D eigenvalue weighted by molar-refractivity contribution is 0.556. The summed E-state index contributed by atoms with van der Waals surface area (Å²) in [6.45, 7) is 2.19. The number of nitrogen functional groups attached to an aromatic ring is 1. The SMILES string of the molecule is CCCSCc1nc(N)nc(C2CCCCCC2)n1. The van der Waals surface area contributed by atoms with Gasteiger partial charge in [-0.15, -0.1) is 0 Å². The zero-order valence-electron chi connectivity index (χ0n) is 11.8. The fraction of sp³-hybridized carbons (Fsp3) is 0.786. The van der Waals surface area contributed by atoms with Gasteiger partial charge in [0.1, 0.15) is 11.6 Å². The molecule has 19 heavy (non-hydrogen) atoms. The third-order valence-corrected chi connectivity index (χ3v) is 4.68. The van der Waals surface area contributed by atoms with Gasteiger partial charge < -0.3 is 5.73 Å². The molecule has 0 spiro atoms. The molecule has 2 rings (SSSR count). The molecule has 4 nitrogen and oxygen atoms in total. The Balaban J connectivity index is 2.06. The lowest BCUT2D eigenvalue weighted by Gasteiger charge is -2.13. The van der Waals surface area contributed by atoms with E-state index in [9.17, 15) is 0 Å². The van der Waals surface area contributed by atoms with Crippen molar-refractivity contribution in [2.24, 2.45) is 0 Å². The number of aromatic nitrogens is 3. The summed E-state index contributed by atoms with van der Waals surface area (Å²) in [5.41, 5.74) is 5.84. The second-order valence-corrected chi connectivity index (χ2v) is 6.31. The van der Waals surface area contributed by atoms with Gasteiger partial charge in [-0.05, 0) is 25.0 Å². The smallest absolute Gasteiger partial charge is 0.223 e. The van der Waals surface area contributed by atoms with E-state index in [1.807, 2.05) is 11.8 Å². The van der Waals surface area contributed by atoms with Crippen LogP contribution in [0.2, 0.25) is 0 Å². The highest BCUT2D eigenvalue weighted by Gasteiger charge is 2.18. The first kappa shape index (κ1) is 14.6. The van der Waals surface area contributed by atoms with Crippen molar-refractivity contribution in [1.82, 2.24) is 15.0 Å². The van der Waals surface area contributed by atoms with Crippen LogP contribution >= 0.6 is 11.8 Å². The minimum atomic E-state index is 0.390. The number of anilines is 1. The number of hydrogen-bond donors (Lipinski definition) is 1. The quantitative estimate of drug-likeness (QED) is 0.660. The van der Waals surface area contributed by atoms with Gasteiger partial charge in [0, 0.05) is 5.92 Å². The van der Waals surface area contributed by atoms with E-state index in [4.69, 9.17) is 5.73 Å². The van der Waals surface area contributed by atoms with Crippen molar-refractivity contribution < 1.29 is 0 Å². The molecule has 1 fully saturated rings. The van der Waals surface area contributed by atoms with Crippen LogP contribution in [0.15, 0.2) is 0 Å². The minimum Gasteiger partial charge on any atom is -0.368 e. The monoisotopic (exact) mass is 280 g/mol. The van der Waals surface area contributed by atoms with E-state index >= 15 is 0 Å². The molecule has 1 aliphatic carbocycles. The summed E-state index contributed by atoms with van der Waals surface area (Å²) in [6, 6.07) is 0. The Labute approximate surface area is 120 Å². The Morgan fingerprint density at radius 3 is 2.53 bits per heavy atom. The van der Waals surface area contributed by atoms with E-state index in [-0.39, 0.29) is 0 Å². The zero-order chi connectivity index (χ0) is 13.5. The Morgan fingerprint density at radius 2 is 1.84 bits per heavy atom. The molecule has 0 radical (unpaired) electrons. The Hall–Kier alpha value is -0.840. The average molecular weight is 280 g/mol. The molecule has 0 bridgehead atoms. The number of nitrogens with two attached hydrogens (primary N) is 1. The first-order valence-electron chi connectivity index (χ1n) is 7.37. The molecular weight excluding hydrogens is 256 g/mol. The number of rotatable bonds is 5. The highest BCUT2D eigenvalue weighted by molar-refractivity contribution is 7.98. The molecule has 1 aromatic heterocycles. The first-order valence-corrected chi connectivity index (χ1v) is 8.53. The molecule has 0 aliphatic heterocycles. The molecule has 0 atom stereocenters. The Bertz CT molecular complexity index is 389. The van der Waals surface area contributed by atoms with Gasteiger partial charge in [-0.3, -0.25) is 0 Å². The first-order chi connectivity index (χ1) is 9.29. The van der Waals surface area contributed by atoms with E-state index in [0.717, 1.165) is 23.2 Å². The van der Waals surface area contributed by atoms with Crippen LogP contribution in [0.5, 0.6) is 0 Å². The number of nitrogens with zero attached hydrogens (tertiary/aromatic N) is 3. The van der Waals surface area contributed by atoms with Gasteiger partial charge in [-0.1, -0.05) is 32.6 Å². The summed E-state index contributed by atoms with van der Waals surface area (Å²) in [5.74, 6) is 4.65. The summed E-state index contributed by atoms with van der Waals surface area (Å²) >= 11 is 1.87. The van der Waals surface area contributed by atoms with Crippen LogP contribution in [0, 0.1) is 0 Å². The largest absolute Gasteiger partial charge is 0.368 e. The molecule has 1 heterocycles. The van der Waals surface area contributed by atoms with Crippen molar-refractivity contribution in [2.75, 3.05) is 11.5 Å². The number of thioether (sulfide) groups is 1. The normalized spacial score (nSPS) is 17.3. The van der Waals surface area contributed by atoms with Crippen molar-refractivity contribution >= 4 is 17.7 Å². The Kier molecular flexibility index (Phi) is 5.89. The molecule has 0 unspecified atom stereocenters. The molecule has 0 saturated heterocycles. The zero-order valence-corrected chi connectivity index (χ0v) is 12.6. The van der Waals surface area contributed by atoms with Crippen LogP contribution < -0.4 is 5.73 Å². The molecular formula is C14H24N4S. The molecule has 0 amide bonds. The van der Waals surface area contributed by atoms with Gasteiger partial charge in [0.05, 0.1) is 5.75 Å². The Morgan fingerprint density at radius 1 is 1.11 bits per heavy atom. The van der Waals surface area contributed by atoms with Gasteiger partial charge in [-0.25, -0.2) is 4.98 Å². The van der Waals surface area contributed by atoms with Crippen LogP contribution in [0.3, 0.4) is 0 Å². The van der Waals surface area contributed by atoms with Crippen molar-refractivity contribution in [1.29, 1.82) is 0 Å². The minimum absolute atomic E-state index is 0.390. The third-order valence-electron chi connectivity index (χ3n) is 3.52. The molecule has 5 heteroatoms. The van der Waals surface area contributed by atoms with E-state index < -0.39 is 0 Å². The van der Waals surface area contributed by atoms with Crippen LogP contribution in [-0.4, -0.2) is 20.7 Å². The van der Waals surface area contributed by atoms with Crippen LogP contribution in [0.25, 0.3) is 0 Å². The summed E-state index contributed by atoms with van der Waals surface area (Å²) in [7, 11) is 0. The molecule has 1 saturated carbocycles. The van der Waals surface area contributed by atoms with E-state index in [2.05, 4.69) is 21.9 Å². The molecule has 0 aromatic carbocycles. The van der Waals surface area contributed by atoms with Crippen molar-refractivity contribution in [3.05, 3.63) is 11.6 Å². The lowest BCUT2D eigenvalue weighted by Crippen LogP contribution is -2.10. The van der Waals surface area contributed by atoms with Crippen LogP contribution in [0.4, 0.5) is 5.95 Å². The van der Waals surface area contributed by atoms with Crippen LogP contribution in [0.1, 0.15) is 69.4 Å². The van der Waals surface area contributed by atoms with Crippen molar-refractivity contribution in [3.63, 3.8) is 0 Å². The fourth-order valence-electron chi connectivity index (χ4n) is 2.55. The molecule has 2 N–H and O–H groups in total. The van der Waals surface area contributed by atoms with Gasteiger partial charge >= 0.3 is 0 Å². The molecule has 1 aromatic rings. The van der Waals surface area contributed by atoms with Crippen molar-refractivity contribution in [3.8, 4) is 0 Å². The van der Waals surface area contributed by atoms with E-state index in [1.54, 1.807) is 0 Å². The summed E-state index contributed by atoms with van der Waals surface area (Å²) in [5, 5.41) is 0. The average Bonchev–Trinajstić information content (AvgIpc) is 2.67. The lowest BCUT2D eigenvalue weighted by atomic mass is 10.00. The van der Waals surface area contributed by atoms with E-state index in [1.165, 1.54) is 44.9 Å². The van der Waals surface area contributed by atoms with E-state index in [0.29, 0.717) is 11.9 Å². The maximum atomic E-state index is 5.84. The van der Waals surface area contributed by atoms with Gasteiger partial charge in [0.25, 0.3) is 0 Å². The summed E-state index contributed by atoms with van der Waals surface area (Å²) in [6.07, 6.45) is 8.84. The summed E-state index contributed by atoms with van der Waals surface area (Å²) < 4.78 is 0. The predicted molar refractivity (Wildman–Crippen MR) is 81.1 cm³/mol. The standard InChI is InChI=1S/C14H24N4S/c1-2-9-19-10-12-16-13(18-14(15)17-12)11-7-5-3-4-6-8-11/h11H,2-10H2,1H3,(H2,15,16,17,18). The second kappa shape index (κ2) is 7.68.